The van der Waals surface area contributed by atoms with Gasteiger partial charge >= 0.3 is 12.1 Å². The number of ether oxygens (including phenoxy) is 1. The molecule has 2 aliphatic carbocycles. The molecule has 0 unspecified atom stereocenters. The first-order chi connectivity index (χ1) is 21.4. The third kappa shape index (κ3) is 7.76. The van der Waals surface area contributed by atoms with Crippen LogP contribution in [-0.4, -0.2) is 74.8 Å². The highest BCUT2D eigenvalue weighted by Crippen LogP contribution is 2.41. The monoisotopic (exact) mass is 627 g/mol. The normalized spacial score (nSPS) is 25.1. The molecule has 2 saturated carbocycles. The first-order valence-corrected chi connectivity index (χ1v) is 16.3. The molecule has 246 valence electrons. The lowest BCUT2D eigenvalue weighted by atomic mass is 9.76. The maximum Gasteiger partial charge on any atom is 0.407 e. The summed E-state index contributed by atoms with van der Waals surface area (Å²) in [5.74, 6) is -1.53. The Kier molecular flexibility index (Phi) is 9.98. The third-order valence-electron chi connectivity index (χ3n) is 9.76. The Morgan fingerprint density at radius 2 is 1.78 bits per heavy atom. The lowest BCUT2D eigenvalue weighted by molar-refractivity contribution is -0.142. The predicted octanol–water partition coefficient (Wildman–Crippen LogP) is 5.67. The largest absolute Gasteiger partial charge is 0.475 e. The number of carbonyl (C=O) groups excluding carboxylic acids is 3. The number of aromatic nitrogens is 2. The SMILES string of the molecule is CC(C)(C)OC(=O)N[C@@H](CF)C1CCC(C(=O)N2CC[C@@H](C3CCCCC3)[C@H]2C(=O)Nc2ccc3nc(C(=O)O)[nH]c3c2)CC1. The molecule has 3 atom stereocenters. The quantitative estimate of drug-likeness (QED) is 0.294. The zero-order chi connectivity index (χ0) is 32.3. The average molecular weight is 628 g/mol. The smallest absolute Gasteiger partial charge is 0.407 e. The van der Waals surface area contributed by atoms with Crippen LogP contribution < -0.4 is 10.6 Å². The van der Waals surface area contributed by atoms with Crippen molar-refractivity contribution >= 4 is 40.6 Å². The molecule has 2 heterocycles. The van der Waals surface area contributed by atoms with Crippen LogP contribution in [0.3, 0.4) is 0 Å². The van der Waals surface area contributed by atoms with Gasteiger partial charge in [0.15, 0.2) is 0 Å². The Morgan fingerprint density at radius 1 is 1.07 bits per heavy atom. The fourth-order valence-corrected chi connectivity index (χ4v) is 7.60. The zero-order valence-corrected chi connectivity index (χ0v) is 26.4. The third-order valence-corrected chi connectivity index (χ3v) is 9.76. The Morgan fingerprint density at radius 3 is 2.42 bits per heavy atom. The Labute approximate surface area is 263 Å². The van der Waals surface area contributed by atoms with Gasteiger partial charge in [-0.25, -0.2) is 19.0 Å². The van der Waals surface area contributed by atoms with Gasteiger partial charge in [-0.2, -0.15) is 0 Å². The van der Waals surface area contributed by atoms with Crippen LogP contribution in [0.15, 0.2) is 18.2 Å². The molecule has 2 aromatic rings. The van der Waals surface area contributed by atoms with Crippen molar-refractivity contribution in [3.63, 3.8) is 0 Å². The van der Waals surface area contributed by atoms with E-state index in [0.29, 0.717) is 54.9 Å². The minimum Gasteiger partial charge on any atom is -0.475 e. The van der Waals surface area contributed by atoms with Gasteiger partial charge in [0.25, 0.3) is 0 Å². The summed E-state index contributed by atoms with van der Waals surface area (Å²) in [5, 5.41) is 15.0. The number of H-pyrrole nitrogens is 1. The van der Waals surface area contributed by atoms with E-state index in [4.69, 9.17) is 4.74 Å². The Hall–Kier alpha value is -3.70. The maximum absolute atomic E-state index is 14.0. The molecule has 3 amide bonds. The molecule has 11 nitrogen and oxygen atoms in total. The maximum atomic E-state index is 14.0. The zero-order valence-electron chi connectivity index (χ0n) is 26.4. The number of aromatic amines is 1. The van der Waals surface area contributed by atoms with Crippen molar-refractivity contribution in [1.82, 2.24) is 20.2 Å². The number of alkyl halides is 1. The van der Waals surface area contributed by atoms with E-state index >= 15 is 0 Å². The van der Waals surface area contributed by atoms with Crippen molar-refractivity contribution in [2.45, 2.75) is 103 Å². The van der Waals surface area contributed by atoms with Crippen LogP contribution in [0.1, 0.15) is 95.6 Å². The standard InChI is InChI=1S/C33H46FN5O6/c1-33(2,3)45-32(44)38-26(18-34)20-9-11-21(12-10-20)30(41)39-16-15-23(19-7-5-4-6-8-19)27(39)29(40)35-22-13-14-24-25(17-22)37-28(36-24)31(42)43/h13-14,17,19-21,23,26-27H,4-12,15-16,18H2,1-3H3,(H,35,40)(H,36,37)(H,38,44)(H,42,43)/t20?,21?,23-,26-,27-/m0/s1. The molecule has 1 aromatic carbocycles. The molecule has 4 N–H and O–H groups in total. The van der Waals surface area contributed by atoms with Crippen molar-refractivity contribution in [1.29, 1.82) is 0 Å². The van der Waals surface area contributed by atoms with E-state index in [1.807, 2.05) is 0 Å². The number of carboxylic acids is 1. The Balaban J connectivity index is 1.27. The van der Waals surface area contributed by atoms with E-state index in [1.165, 1.54) is 6.42 Å². The van der Waals surface area contributed by atoms with Gasteiger partial charge < -0.3 is 30.4 Å². The summed E-state index contributed by atoms with van der Waals surface area (Å²) in [6.45, 7) is 5.09. The summed E-state index contributed by atoms with van der Waals surface area (Å²) in [4.78, 5) is 60.2. The van der Waals surface area contributed by atoms with Crippen molar-refractivity contribution in [2.75, 3.05) is 18.5 Å². The van der Waals surface area contributed by atoms with Gasteiger partial charge in [0.1, 0.15) is 18.3 Å². The summed E-state index contributed by atoms with van der Waals surface area (Å²) >= 11 is 0. The fourth-order valence-electron chi connectivity index (χ4n) is 7.60. The lowest BCUT2D eigenvalue weighted by Gasteiger charge is -2.37. The molecule has 1 saturated heterocycles. The van der Waals surface area contributed by atoms with Crippen LogP contribution in [-0.2, 0) is 14.3 Å². The summed E-state index contributed by atoms with van der Waals surface area (Å²) in [7, 11) is 0. The highest BCUT2D eigenvalue weighted by atomic mass is 19.1. The van der Waals surface area contributed by atoms with Gasteiger partial charge in [0.05, 0.1) is 17.1 Å². The van der Waals surface area contributed by atoms with Gasteiger partial charge in [-0.1, -0.05) is 32.1 Å². The number of carboxylic acid groups (broad SMARTS) is 1. The van der Waals surface area contributed by atoms with E-state index in [1.54, 1.807) is 43.9 Å². The number of benzene rings is 1. The van der Waals surface area contributed by atoms with E-state index < -0.39 is 36.4 Å². The highest BCUT2D eigenvalue weighted by Gasteiger charge is 2.47. The number of likely N-dealkylation sites (tertiary alicyclic amines) is 1. The number of imidazole rings is 1. The molecular formula is C33H46FN5O6. The van der Waals surface area contributed by atoms with E-state index in [-0.39, 0.29) is 35.4 Å². The minimum atomic E-state index is -1.17. The van der Waals surface area contributed by atoms with Crippen molar-refractivity contribution in [3.05, 3.63) is 24.0 Å². The van der Waals surface area contributed by atoms with Crippen LogP contribution in [0.4, 0.5) is 14.9 Å². The predicted molar refractivity (Wildman–Crippen MR) is 166 cm³/mol. The number of rotatable bonds is 8. The second-order valence-electron chi connectivity index (χ2n) is 14.0. The van der Waals surface area contributed by atoms with Gasteiger partial charge in [-0.15, -0.1) is 0 Å². The first kappa shape index (κ1) is 32.7. The van der Waals surface area contributed by atoms with Crippen LogP contribution in [0.5, 0.6) is 0 Å². The summed E-state index contributed by atoms with van der Waals surface area (Å²) in [6, 6.07) is 3.74. The number of halogens is 1. The number of hydrogen-bond acceptors (Lipinski definition) is 6. The average Bonchev–Trinajstić information content (AvgIpc) is 3.64. The molecule has 1 aromatic heterocycles. The van der Waals surface area contributed by atoms with Gasteiger partial charge in [0.2, 0.25) is 17.6 Å². The minimum absolute atomic E-state index is 0.0288. The highest BCUT2D eigenvalue weighted by molar-refractivity contribution is 5.99. The number of amides is 3. The molecule has 12 heteroatoms. The molecule has 0 spiro atoms. The van der Waals surface area contributed by atoms with E-state index in [2.05, 4.69) is 20.6 Å². The van der Waals surface area contributed by atoms with Crippen molar-refractivity contribution in [2.24, 2.45) is 23.7 Å². The van der Waals surface area contributed by atoms with Gasteiger partial charge in [-0.05, 0) is 88.8 Å². The number of alkyl carbamates (subject to hydrolysis) is 1. The summed E-state index contributed by atoms with van der Waals surface area (Å²) in [5.41, 5.74) is 0.802. The summed E-state index contributed by atoms with van der Waals surface area (Å²) < 4.78 is 19.3. The molecule has 3 fully saturated rings. The van der Waals surface area contributed by atoms with E-state index in [9.17, 15) is 28.7 Å². The number of carbonyl (C=O) groups is 4. The van der Waals surface area contributed by atoms with Gasteiger partial charge in [-0.3, -0.25) is 9.59 Å². The van der Waals surface area contributed by atoms with Gasteiger partial charge in [0, 0.05) is 18.2 Å². The number of aromatic carboxylic acids is 1. The van der Waals surface area contributed by atoms with Crippen LogP contribution in [0.25, 0.3) is 11.0 Å². The second-order valence-corrected chi connectivity index (χ2v) is 14.0. The number of fused-ring (bicyclic) bond motifs is 1. The van der Waals surface area contributed by atoms with Crippen LogP contribution in [0, 0.1) is 23.7 Å². The molecule has 0 bridgehead atoms. The molecular weight excluding hydrogens is 581 g/mol. The number of anilines is 1. The molecule has 0 radical (unpaired) electrons. The number of hydrogen-bond donors (Lipinski definition) is 4. The van der Waals surface area contributed by atoms with E-state index in [0.717, 1.165) is 32.1 Å². The lowest BCUT2D eigenvalue weighted by Crippen LogP contribution is -2.50. The molecule has 45 heavy (non-hydrogen) atoms. The Bertz CT molecular complexity index is 1390. The molecule has 3 aliphatic rings. The topological polar surface area (TPSA) is 154 Å². The second kappa shape index (κ2) is 13.7. The number of nitrogens with one attached hydrogen (secondary N) is 3. The number of nitrogens with zero attached hydrogens (tertiary/aromatic N) is 2. The fraction of sp³-hybridized carbons (Fsp3) is 0.667. The van der Waals surface area contributed by atoms with Crippen molar-refractivity contribution < 1.29 is 33.4 Å². The molecule has 1 aliphatic heterocycles. The summed E-state index contributed by atoms with van der Waals surface area (Å²) in [6.07, 6.45) is 8.01. The van der Waals surface area contributed by atoms with Crippen LogP contribution in [0.2, 0.25) is 0 Å². The van der Waals surface area contributed by atoms with Crippen molar-refractivity contribution in [3.8, 4) is 0 Å². The molecule has 5 rings (SSSR count). The first-order valence-electron chi connectivity index (χ1n) is 16.3. The van der Waals surface area contributed by atoms with Crippen LogP contribution >= 0.6 is 0 Å².